The summed E-state index contributed by atoms with van der Waals surface area (Å²) in [6.07, 6.45) is 2.23. The van der Waals surface area contributed by atoms with Crippen LogP contribution in [0.3, 0.4) is 0 Å². The van der Waals surface area contributed by atoms with Crippen LogP contribution in [0.2, 0.25) is 0 Å². The third kappa shape index (κ3) is 6.05. The topological polar surface area (TPSA) is 50.1 Å². The van der Waals surface area contributed by atoms with Crippen LogP contribution < -0.4 is 0 Å². The number of nitriles is 1. The van der Waals surface area contributed by atoms with Gasteiger partial charge in [0.1, 0.15) is 11.5 Å². The first-order valence-electron chi connectivity index (χ1n) is 6.59. The van der Waals surface area contributed by atoms with Crippen molar-refractivity contribution in [3.8, 4) is 6.07 Å². The summed E-state index contributed by atoms with van der Waals surface area (Å²) in [7, 11) is 0. The lowest BCUT2D eigenvalue weighted by Gasteiger charge is -2.21. The molecule has 102 valence electrons. The van der Waals surface area contributed by atoms with E-state index in [0.29, 0.717) is 6.42 Å². The summed E-state index contributed by atoms with van der Waals surface area (Å²) in [6.45, 7) is 5.43. The van der Waals surface area contributed by atoms with E-state index in [1.807, 2.05) is 45.0 Å². The van der Waals surface area contributed by atoms with Crippen molar-refractivity contribution in [3.63, 3.8) is 0 Å². The fourth-order valence-electron chi connectivity index (χ4n) is 1.76. The number of nitrogens with zero attached hydrogens (tertiary/aromatic N) is 1. The van der Waals surface area contributed by atoms with Crippen LogP contribution in [-0.2, 0) is 16.0 Å². The SMILES string of the molecule is CC(C)(C)OC(=O)C(C#N)CCCc1ccccc1. The highest BCUT2D eigenvalue weighted by Crippen LogP contribution is 2.16. The van der Waals surface area contributed by atoms with E-state index in [0.717, 1.165) is 12.8 Å². The second-order valence-electron chi connectivity index (χ2n) is 5.59. The molecule has 0 saturated heterocycles. The maximum Gasteiger partial charge on any atom is 0.323 e. The highest BCUT2D eigenvalue weighted by atomic mass is 16.6. The van der Waals surface area contributed by atoms with Crippen LogP contribution in [0.25, 0.3) is 0 Å². The molecule has 3 nitrogen and oxygen atoms in total. The number of ether oxygens (including phenoxy) is 1. The lowest BCUT2D eigenvalue weighted by atomic mass is 10.0. The van der Waals surface area contributed by atoms with Gasteiger partial charge in [0.25, 0.3) is 0 Å². The lowest BCUT2D eigenvalue weighted by molar-refractivity contribution is -0.158. The van der Waals surface area contributed by atoms with Crippen LogP contribution in [-0.4, -0.2) is 11.6 Å². The fourth-order valence-corrected chi connectivity index (χ4v) is 1.76. The van der Waals surface area contributed by atoms with Gasteiger partial charge in [-0.1, -0.05) is 30.3 Å². The van der Waals surface area contributed by atoms with Crippen LogP contribution in [0.5, 0.6) is 0 Å². The Labute approximate surface area is 115 Å². The summed E-state index contributed by atoms with van der Waals surface area (Å²) < 4.78 is 5.23. The van der Waals surface area contributed by atoms with Crippen molar-refractivity contribution < 1.29 is 9.53 Å². The van der Waals surface area contributed by atoms with E-state index in [-0.39, 0.29) is 0 Å². The minimum atomic E-state index is -0.664. The molecule has 0 saturated carbocycles. The first kappa shape index (κ1) is 15.2. The van der Waals surface area contributed by atoms with E-state index in [4.69, 9.17) is 10.00 Å². The van der Waals surface area contributed by atoms with Gasteiger partial charge in [0, 0.05) is 0 Å². The van der Waals surface area contributed by atoms with Crippen LogP contribution >= 0.6 is 0 Å². The van der Waals surface area contributed by atoms with Gasteiger partial charge < -0.3 is 4.74 Å². The largest absolute Gasteiger partial charge is 0.459 e. The molecule has 0 aliphatic rings. The molecule has 0 spiro atoms. The molecule has 0 radical (unpaired) electrons. The van der Waals surface area contributed by atoms with Crippen LogP contribution in [0, 0.1) is 17.2 Å². The molecule has 0 amide bonds. The van der Waals surface area contributed by atoms with Gasteiger partial charge in [-0.2, -0.15) is 5.26 Å². The second-order valence-corrected chi connectivity index (χ2v) is 5.59. The normalized spacial score (nSPS) is 12.5. The Morgan fingerprint density at radius 2 is 1.95 bits per heavy atom. The van der Waals surface area contributed by atoms with Crippen LogP contribution in [0.4, 0.5) is 0 Å². The zero-order valence-electron chi connectivity index (χ0n) is 11.8. The minimum absolute atomic E-state index is 0.414. The van der Waals surface area contributed by atoms with Gasteiger partial charge in [-0.15, -0.1) is 0 Å². The van der Waals surface area contributed by atoms with E-state index in [9.17, 15) is 4.79 Å². The summed E-state index contributed by atoms with van der Waals surface area (Å²) in [6, 6.07) is 12.1. The molecule has 0 aromatic heterocycles. The van der Waals surface area contributed by atoms with Gasteiger partial charge in [0.2, 0.25) is 0 Å². The summed E-state index contributed by atoms with van der Waals surface area (Å²) in [4.78, 5) is 11.8. The van der Waals surface area contributed by atoms with Crippen molar-refractivity contribution in [3.05, 3.63) is 35.9 Å². The fraction of sp³-hybridized carbons (Fsp3) is 0.500. The molecule has 0 N–H and O–H groups in total. The number of esters is 1. The Hall–Kier alpha value is -1.82. The van der Waals surface area contributed by atoms with E-state index in [2.05, 4.69) is 12.1 Å². The first-order valence-corrected chi connectivity index (χ1v) is 6.59. The molecule has 0 bridgehead atoms. The Morgan fingerprint density at radius 3 is 2.47 bits per heavy atom. The highest BCUT2D eigenvalue weighted by Gasteiger charge is 2.24. The molecule has 1 unspecified atom stereocenters. The standard InChI is InChI=1S/C16H21NO2/c1-16(2,3)19-15(18)14(12-17)11-7-10-13-8-5-4-6-9-13/h4-6,8-9,14H,7,10-11H2,1-3H3. The van der Waals surface area contributed by atoms with Crippen molar-refractivity contribution in [2.75, 3.05) is 0 Å². The molecule has 1 aromatic rings. The van der Waals surface area contributed by atoms with Gasteiger partial charge in [-0.05, 0) is 45.6 Å². The Morgan fingerprint density at radius 1 is 1.32 bits per heavy atom. The molecule has 0 fully saturated rings. The van der Waals surface area contributed by atoms with E-state index >= 15 is 0 Å². The quantitative estimate of drug-likeness (QED) is 0.760. The van der Waals surface area contributed by atoms with Crippen molar-refractivity contribution in [2.45, 2.75) is 45.6 Å². The Kier molecular flexibility index (Phi) is 5.57. The smallest absolute Gasteiger partial charge is 0.323 e. The number of carbonyl (C=O) groups is 1. The van der Waals surface area contributed by atoms with Crippen molar-refractivity contribution >= 4 is 5.97 Å². The summed E-state index contributed by atoms with van der Waals surface area (Å²) in [5.41, 5.74) is 0.689. The molecule has 1 atom stereocenters. The van der Waals surface area contributed by atoms with Gasteiger partial charge >= 0.3 is 5.97 Å². The number of hydrogen-bond acceptors (Lipinski definition) is 3. The molecule has 1 aromatic carbocycles. The molecule has 3 heteroatoms. The summed E-state index contributed by atoms with van der Waals surface area (Å²) in [5.74, 6) is -1.08. The zero-order chi connectivity index (χ0) is 14.3. The molecule has 19 heavy (non-hydrogen) atoms. The molecular weight excluding hydrogens is 238 g/mol. The van der Waals surface area contributed by atoms with E-state index < -0.39 is 17.5 Å². The molecular formula is C16H21NO2. The average Bonchev–Trinajstić information content (AvgIpc) is 2.33. The first-order chi connectivity index (χ1) is 8.92. The number of aryl methyl sites for hydroxylation is 1. The third-order valence-corrected chi connectivity index (χ3v) is 2.65. The predicted molar refractivity (Wildman–Crippen MR) is 74.3 cm³/mol. The Balaban J connectivity index is 2.41. The lowest BCUT2D eigenvalue weighted by Crippen LogP contribution is -2.28. The summed E-state index contributed by atoms with van der Waals surface area (Å²) >= 11 is 0. The monoisotopic (exact) mass is 259 g/mol. The molecule has 0 aliphatic carbocycles. The molecule has 0 aliphatic heterocycles. The van der Waals surface area contributed by atoms with E-state index in [1.165, 1.54) is 5.56 Å². The van der Waals surface area contributed by atoms with Crippen LogP contribution in [0.15, 0.2) is 30.3 Å². The Bertz CT molecular complexity index is 440. The van der Waals surface area contributed by atoms with Gasteiger partial charge in [0.15, 0.2) is 0 Å². The third-order valence-electron chi connectivity index (χ3n) is 2.65. The number of carbonyl (C=O) groups excluding carboxylic acids is 1. The van der Waals surface area contributed by atoms with Gasteiger partial charge in [-0.3, -0.25) is 4.79 Å². The molecule has 0 heterocycles. The summed E-state index contributed by atoms with van der Waals surface area (Å²) in [5, 5.41) is 9.04. The van der Waals surface area contributed by atoms with Gasteiger partial charge in [-0.25, -0.2) is 0 Å². The van der Waals surface area contributed by atoms with Crippen LogP contribution in [0.1, 0.15) is 39.2 Å². The van der Waals surface area contributed by atoms with E-state index in [1.54, 1.807) is 0 Å². The maximum atomic E-state index is 11.8. The van der Waals surface area contributed by atoms with Crippen molar-refractivity contribution in [2.24, 2.45) is 5.92 Å². The van der Waals surface area contributed by atoms with Crippen molar-refractivity contribution in [1.82, 2.24) is 0 Å². The maximum absolute atomic E-state index is 11.8. The number of rotatable bonds is 5. The van der Waals surface area contributed by atoms with Crippen molar-refractivity contribution in [1.29, 1.82) is 5.26 Å². The minimum Gasteiger partial charge on any atom is -0.459 e. The average molecular weight is 259 g/mol. The highest BCUT2D eigenvalue weighted by molar-refractivity contribution is 5.75. The molecule has 1 rings (SSSR count). The second kappa shape index (κ2) is 6.94. The number of benzene rings is 1. The van der Waals surface area contributed by atoms with Gasteiger partial charge in [0.05, 0.1) is 6.07 Å². The zero-order valence-corrected chi connectivity index (χ0v) is 11.8. The number of hydrogen-bond donors (Lipinski definition) is 0. The predicted octanol–water partition coefficient (Wildman–Crippen LogP) is 3.49.